The third-order valence-electron chi connectivity index (χ3n) is 5.86. The van der Waals surface area contributed by atoms with Crippen LogP contribution < -0.4 is 10.1 Å². The van der Waals surface area contributed by atoms with Gasteiger partial charge in [-0.25, -0.2) is 0 Å². The largest absolute Gasteiger partial charge is 0.494 e. The Labute approximate surface area is 173 Å². The Kier molecular flexibility index (Phi) is 10.9. The van der Waals surface area contributed by atoms with Crippen molar-refractivity contribution in [1.82, 2.24) is 20.0 Å². The van der Waals surface area contributed by atoms with Crippen LogP contribution in [-0.4, -0.2) is 87.3 Å². The number of nitrogens with zero attached hydrogens (tertiary/aromatic N) is 3. The van der Waals surface area contributed by atoms with Gasteiger partial charge in [-0.1, -0.05) is 26.0 Å². The molecule has 1 aliphatic heterocycles. The summed E-state index contributed by atoms with van der Waals surface area (Å²) in [7, 11) is 2.21. The lowest BCUT2D eigenvalue weighted by Gasteiger charge is -2.32. The van der Waals surface area contributed by atoms with Crippen molar-refractivity contribution in [1.29, 1.82) is 0 Å². The van der Waals surface area contributed by atoms with Gasteiger partial charge in [-0.05, 0) is 70.7 Å². The molecule has 0 aliphatic carbocycles. The molecule has 1 aromatic carbocycles. The fourth-order valence-corrected chi connectivity index (χ4v) is 3.68. The maximum absolute atomic E-state index is 5.90. The van der Waals surface area contributed by atoms with Crippen LogP contribution in [0.2, 0.25) is 0 Å². The van der Waals surface area contributed by atoms with Gasteiger partial charge in [0.25, 0.3) is 0 Å². The van der Waals surface area contributed by atoms with Crippen LogP contribution in [-0.2, 0) is 0 Å². The summed E-state index contributed by atoms with van der Waals surface area (Å²) in [6.45, 7) is 17.9. The second-order valence-electron chi connectivity index (χ2n) is 7.97. The number of hydrogen-bond acceptors (Lipinski definition) is 5. The van der Waals surface area contributed by atoms with Crippen molar-refractivity contribution in [2.75, 3.05) is 72.6 Å². The second-order valence-corrected chi connectivity index (χ2v) is 7.97. The van der Waals surface area contributed by atoms with E-state index < -0.39 is 0 Å². The summed E-state index contributed by atoms with van der Waals surface area (Å²) < 4.78 is 5.90. The van der Waals surface area contributed by atoms with Gasteiger partial charge in [-0.3, -0.25) is 0 Å². The molecule has 0 saturated carbocycles. The smallest absolute Gasteiger partial charge is 0.119 e. The molecule has 1 atom stereocenters. The van der Waals surface area contributed by atoms with Gasteiger partial charge < -0.3 is 24.8 Å². The summed E-state index contributed by atoms with van der Waals surface area (Å²) in [6, 6.07) is 8.98. The van der Waals surface area contributed by atoms with Crippen LogP contribution in [0.1, 0.15) is 45.2 Å². The van der Waals surface area contributed by atoms with Crippen LogP contribution in [0.15, 0.2) is 24.3 Å². The molecule has 1 aliphatic rings. The standard InChI is InChI=1S/C23H42N4O/c1-5-26(6-2)15-8-20-28-23-11-9-22(10-12-23)21(3)24-13-7-14-27-18-16-25(4)17-19-27/h9-12,21,24H,5-8,13-20H2,1-4H3. The van der Waals surface area contributed by atoms with Crippen molar-refractivity contribution in [2.24, 2.45) is 0 Å². The molecule has 0 aromatic heterocycles. The SMILES string of the molecule is CCN(CC)CCCOc1ccc(C(C)NCCCN2CCN(C)CC2)cc1. The van der Waals surface area contributed by atoms with Gasteiger partial charge in [0, 0.05) is 38.8 Å². The lowest BCUT2D eigenvalue weighted by atomic mass is 10.1. The third kappa shape index (κ3) is 8.48. The number of benzene rings is 1. The van der Waals surface area contributed by atoms with E-state index in [2.05, 4.69) is 72.1 Å². The third-order valence-corrected chi connectivity index (χ3v) is 5.86. The minimum absolute atomic E-state index is 0.379. The molecule has 1 aromatic rings. The lowest BCUT2D eigenvalue weighted by molar-refractivity contribution is 0.152. The molecule has 160 valence electrons. The first kappa shape index (κ1) is 23.1. The fourth-order valence-electron chi connectivity index (χ4n) is 3.68. The fraction of sp³-hybridized carbons (Fsp3) is 0.739. The molecule has 0 spiro atoms. The van der Waals surface area contributed by atoms with E-state index in [9.17, 15) is 0 Å². The van der Waals surface area contributed by atoms with Crippen molar-refractivity contribution in [3.8, 4) is 5.75 Å². The highest BCUT2D eigenvalue weighted by Gasteiger charge is 2.13. The Morgan fingerprint density at radius 1 is 1.04 bits per heavy atom. The monoisotopic (exact) mass is 390 g/mol. The van der Waals surface area contributed by atoms with E-state index in [4.69, 9.17) is 4.74 Å². The van der Waals surface area contributed by atoms with Gasteiger partial charge in [0.1, 0.15) is 5.75 Å². The number of likely N-dealkylation sites (N-methyl/N-ethyl adjacent to an activating group) is 1. The maximum Gasteiger partial charge on any atom is 0.119 e. The van der Waals surface area contributed by atoms with Crippen LogP contribution >= 0.6 is 0 Å². The first-order chi connectivity index (χ1) is 13.6. The summed E-state index contributed by atoms with van der Waals surface area (Å²) in [5, 5.41) is 3.66. The molecule has 0 radical (unpaired) electrons. The Hall–Kier alpha value is -1.14. The molecule has 5 heteroatoms. The van der Waals surface area contributed by atoms with Gasteiger partial charge in [-0.15, -0.1) is 0 Å². The Balaban J connectivity index is 1.59. The van der Waals surface area contributed by atoms with Gasteiger partial charge in [0.15, 0.2) is 0 Å². The summed E-state index contributed by atoms with van der Waals surface area (Å²) >= 11 is 0. The normalized spacial score (nSPS) is 17.2. The van der Waals surface area contributed by atoms with E-state index in [1.54, 1.807) is 0 Å². The molecule has 1 N–H and O–H groups in total. The van der Waals surface area contributed by atoms with Crippen molar-refractivity contribution < 1.29 is 4.74 Å². The van der Waals surface area contributed by atoms with E-state index in [1.807, 2.05) is 0 Å². The zero-order valence-electron chi connectivity index (χ0n) is 18.6. The van der Waals surface area contributed by atoms with Gasteiger partial charge in [0.2, 0.25) is 0 Å². The maximum atomic E-state index is 5.90. The van der Waals surface area contributed by atoms with E-state index in [0.717, 1.165) is 45.0 Å². The Bertz CT molecular complexity index is 510. The van der Waals surface area contributed by atoms with E-state index >= 15 is 0 Å². The van der Waals surface area contributed by atoms with Crippen LogP contribution in [0.5, 0.6) is 5.75 Å². The first-order valence-corrected chi connectivity index (χ1v) is 11.2. The minimum Gasteiger partial charge on any atom is -0.494 e. The van der Waals surface area contributed by atoms with Crippen LogP contribution in [0.3, 0.4) is 0 Å². The first-order valence-electron chi connectivity index (χ1n) is 11.2. The lowest BCUT2D eigenvalue weighted by Crippen LogP contribution is -2.45. The molecule has 2 rings (SSSR count). The molecule has 5 nitrogen and oxygen atoms in total. The molecule has 1 fully saturated rings. The number of rotatable bonds is 13. The highest BCUT2D eigenvalue weighted by atomic mass is 16.5. The van der Waals surface area contributed by atoms with E-state index in [0.29, 0.717) is 6.04 Å². The van der Waals surface area contributed by atoms with Crippen molar-refractivity contribution >= 4 is 0 Å². The number of piperazine rings is 1. The minimum atomic E-state index is 0.379. The second kappa shape index (κ2) is 13.2. The predicted molar refractivity (Wildman–Crippen MR) is 119 cm³/mol. The number of hydrogen-bond donors (Lipinski definition) is 1. The molecule has 0 amide bonds. The molecular weight excluding hydrogens is 348 g/mol. The highest BCUT2D eigenvalue weighted by molar-refractivity contribution is 5.28. The zero-order valence-corrected chi connectivity index (χ0v) is 18.6. The van der Waals surface area contributed by atoms with E-state index in [-0.39, 0.29) is 0 Å². The number of nitrogens with one attached hydrogen (secondary N) is 1. The average Bonchev–Trinajstić information content (AvgIpc) is 2.73. The topological polar surface area (TPSA) is 31.0 Å². The zero-order chi connectivity index (χ0) is 20.2. The Morgan fingerprint density at radius 2 is 1.71 bits per heavy atom. The van der Waals surface area contributed by atoms with E-state index in [1.165, 1.54) is 44.7 Å². The molecule has 1 heterocycles. The van der Waals surface area contributed by atoms with Gasteiger partial charge in [0.05, 0.1) is 6.61 Å². The van der Waals surface area contributed by atoms with Crippen molar-refractivity contribution in [3.63, 3.8) is 0 Å². The molecule has 28 heavy (non-hydrogen) atoms. The number of ether oxygens (including phenoxy) is 1. The molecule has 1 saturated heterocycles. The van der Waals surface area contributed by atoms with Gasteiger partial charge in [-0.2, -0.15) is 0 Å². The molecular formula is C23H42N4O. The van der Waals surface area contributed by atoms with Crippen LogP contribution in [0, 0.1) is 0 Å². The summed E-state index contributed by atoms with van der Waals surface area (Å²) in [5.41, 5.74) is 1.33. The summed E-state index contributed by atoms with van der Waals surface area (Å²) in [4.78, 5) is 7.43. The predicted octanol–water partition coefficient (Wildman–Crippen LogP) is 3.09. The van der Waals surface area contributed by atoms with Crippen LogP contribution in [0.4, 0.5) is 0 Å². The van der Waals surface area contributed by atoms with Gasteiger partial charge >= 0.3 is 0 Å². The Morgan fingerprint density at radius 3 is 2.36 bits per heavy atom. The summed E-state index contributed by atoms with van der Waals surface area (Å²) in [5.74, 6) is 0.977. The highest BCUT2D eigenvalue weighted by Crippen LogP contribution is 2.18. The quantitative estimate of drug-likeness (QED) is 0.523. The van der Waals surface area contributed by atoms with Crippen LogP contribution in [0.25, 0.3) is 0 Å². The average molecular weight is 391 g/mol. The summed E-state index contributed by atoms with van der Waals surface area (Å²) in [6.07, 6.45) is 2.29. The molecule has 1 unspecified atom stereocenters. The van der Waals surface area contributed by atoms with Crippen molar-refractivity contribution in [2.45, 2.75) is 39.7 Å². The molecule has 0 bridgehead atoms. The van der Waals surface area contributed by atoms with Crippen molar-refractivity contribution in [3.05, 3.63) is 29.8 Å².